The first-order chi connectivity index (χ1) is 7.36. The molecule has 0 aliphatic rings. The van der Waals surface area contributed by atoms with Gasteiger partial charge in [-0.1, -0.05) is 17.7 Å². The fourth-order valence-electron chi connectivity index (χ4n) is 1.67. The van der Waals surface area contributed by atoms with Crippen LogP contribution in [0.25, 0.3) is 0 Å². The van der Waals surface area contributed by atoms with E-state index in [-0.39, 0.29) is 0 Å². The Labute approximate surface area is 97.1 Å². The summed E-state index contributed by atoms with van der Waals surface area (Å²) in [5.41, 5.74) is 8.20. The van der Waals surface area contributed by atoms with Crippen molar-refractivity contribution in [3.8, 4) is 0 Å². The monoisotopic (exact) mass is 242 g/mol. The summed E-state index contributed by atoms with van der Waals surface area (Å²) in [6.07, 6.45) is 1.20. The standard InChI is InChI=1S/C11H18N2O2S/c1-9-4-5-11(10(2)8-9)13(7-6-12)16(3,14)15/h4-5,8H,6-7,12H2,1-3H3. The molecule has 4 nitrogen and oxygen atoms in total. The third-order valence-corrected chi connectivity index (χ3v) is 3.53. The fourth-order valence-corrected chi connectivity index (χ4v) is 2.67. The van der Waals surface area contributed by atoms with E-state index in [0.29, 0.717) is 18.8 Å². The molecule has 0 saturated carbocycles. The molecule has 0 amide bonds. The lowest BCUT2D eigenvalue weighted by molar-refractivity contribution is 0.596. The number of benzene rings is 1. The van der Waals surface area contributed by atoms with Crippen LogP contribution in [0.5, 0.6) is 0 Å². The molecule has 0 fully saturated rings. The zero-order chi connectivity index (χ0) is 12.3. The number of rotatable bonds is 4. The molecule has 0 aliphatic carbocycles. The Morgan fingerprint density at radius 1 is 1.31 bits per heavy atom. The van der Waals surface area contributed by atoms with E-state index in [9.17, 15) is 8.42 Å². The Kier molecular flexibility index (Phi) is 3.93. The van der Waals surface area contributed by atoms with Gasteiger partial charge in [-0.3, -0.25) is 4.31 Å². The third-order valence-electron chi connectivity index (χ3n) is 2.35. The summed E-state index contributed by atoms with van der Waals surface area (Å²) in [5.74, 6) is 0. The minimum absolute atomic E-state index is 0.306. The molecular formula is C11H18N2O2S. The van der Waals surface area contributed by atoms with Crippen LogP contribution < -0.4 is 10.0 Å². The molecule has 90 valence electrons. The van der Waals surface area contributed by atoms with Crippen molar-refractivity contribution in [3.63, 3.8) is 0 Å². The van der Waals surface area contributed by atoms with Gasteiger partial charge in [-0.15, -0.1) is 0 Å². The number of anilines is 1. The first kappa shape index (κ1) is 13.0. The van der Waals surface area contributed by atoms with Crippen molar-refractivity contribution in [1.29, 1.82) is 0 Å². The van der Waals surface area contributed by atoms with Crippen molar-refractivity contribution in [1.82, 2.24) is 0 Å². The molecular weight excluding hydrogens is 224 g/mol. The predicted octanol–water partition coefficient (Wildman–Crippen LogP) is 1.03. The van der Waals surface area contributed by atoms with E-state index in [1.165, 1.54) is 10.6 Å². The summed E-state index contributed by atoms with van der Waals surface area (Å²) in [5, 5.41) is 0. The SMILES string of the molecule is Cc1ccc(N(CCN)S(C)(=O)=O)c(C)c1. The molecule has 0 spiro atoms. The van der Waals surface area contributed by atoms with E-state index in [2.05, 4.69) is 0 Å². The van der Waals surface area contributed by atoms with Gasteiger partial charge in [0.2, 0.25) is 10.0 Å². The maximum Gasteiger partial charge on any atom is 0.232 e. The number of hydrogen-bond acceptors (Lipinski definition) is 3. The van der Waals surface area contributed by atoms with Crippen molar-refractivity contribution in [3.05, 3.63) is 29.3 Å². The molecule has 0 aromatic heterocycles. The highest BCUT2D eigenvalue weighted by Crippen LogP contribution is 2.22. The zero-order valence-electron chi connectivity index (χ0n) is 9.90. The number of nitrogens with two attached hydrogens (primary N) is 1. The highest BCUT2D eigenvalue weighted by molar-refractivity contribution is 7.92. The van der Waals surface area contributed by atoms with Gasteiger partial charge >= 0.3 is 0 Å². The van der Waals surface area contributed by atoms with E-state index in [1.54, 1.807) is 0 Å². The van der Waals surface area contributed by atoms with Crippen LogP contribution >= 0.6 is 0 Å². The summed E-state index contributed by atoms with van der Waals surface area (Å²) >= 11 is 0. The normalized spacial score (nSPS) is 11.5. The fraction of sp³-hybridized carbons (Fsp3) is 0.455. The van der Waals surface area contributed by atoms with Crippen LogP contribution in [0, 0.1) is 13.8 Å². The molecule has 0 heterocycles. The maximum absolute atomic E-state index is 11.6. The van der Waals surface area contributed by atoms with E-state index < -0.39 is 10.0 Å². The second-order valence-electron chi connectivity index (χ2n) is 3.91. The minimum Gasteiger partial charge on any atom is -0.329 e. The summed E-state index contributed by atoms with van der Waals surface area (Å²) in [6, 6.07) is 5.68. The number of sulfonamides is 1. The largest absolute Gasteiger partial charge is 0.329 e. The summed E-state index contributed by atoms with van der Waals surface area (Å²) in [6.45, 7) is 4.49. The van der Waals surface area contributed by atoms with Gasteiger partial charge < -0.3 is 5.73 Å². The van der Waals surface area contributed by atoms with Crippen molar-refractivity contribution < 1.29 is 8.42 Å². The molecule has 2 N–H and O–H groups in total. The van der Waals surface area contributed by atoms with Gasteiger partial charge in [0.1, 0.15) is 0 Å². The number of hydrogen-bond donors (Lipinski definition) is 1. The zero-order valence-corrected chi connectivity index (χ0v) is 10.7. The number of aryl methyl sites for hydroxylation is 2. The molecule has 0 radical (unpaired) electrons. The molecule has 0 unspecified atom stereocenters. The molecule has 1 aromatic rings. The smallest absolute Gasteiger partial charge is 0.232 e. The Bertz CT molecular complexity index is 469. The van der Waals surface area contributed by atoms with E-state index in [4.69, 9.17) is 5.73 Å². The summed E-state index contributed by atoms with van der Waals surface area (Å²) < 4.78 is 24.6. The average Bonchev–Trinajstić information content (AvgIpc) is 2.13. The predicted molar refractivity (Wildman–Crippen MR) is 67.2 cm³/mol. The van der Waals surface area contributed by atoms with Gasteiger partial charge in [0.15, 0.2) is 0 Å². The van der Waals surface area contributed by atoms with Crippen LogP contribution in [0.1, 0.15) is 11.1 Å². The molecule has 1 rings (SSSR count). The first-order valence-corrected chi connectivity index (χ1v) is 6.96. The van der Waals surface area contributed by atoms with Crippen molar-refractivity contribution in [2.45, 2.75) is 13.8 Å². The maximum atomic E-state index is 11.6. The highest BCUT2D eigenvalue weighted by atomic mass is 32.2. The van der Waals surface area contributed by atoms with Gasteiger partial charge in [-0.05, 0) is 25.5 Å². The molecule has 0 atom stereocenters. The van der Waals surface area contributed by atoms with Crippen LogP contribution in [0.2, 0.25) is 0 Å². The number of nitrogens with zero attached hydrogens (tertiary/aromatic N) is 1. The van der Waals surface area contributed by atoms with Crippen LogP contribution in [0.3, 0.4) is 0 Å². The van der Waals surface area contributed by atoms with Crippen molar-refractivity contribution >= 4 is 15.7 Å². The molecule has 16 heavy (non-hydrogen) atoms. The third kappa shape index (κ3) is 2.96. The van der Waals surface area contributed by atoms with E-state index in [1.807, 2.05) is 32.0 Å². The summed E-state index contributed by atoms with van der Waals surface area (Å²) in [7, 11) is -3.26. The quantitative estimate of drug-likeness (QED) is 0.857. The van der Waals surface area contributed by atoms with E-state index >= 15 is 0 Å². The van der Waals surface area contributed by atoms with Crippen LogP contribution in [0.4, 0.5) is 5.69 Å². The Hall–Kier alpha value is -1.07. The molecule has 0 aliphatic heterocycles. The Morgan fingerprint density at radius 2 is 1.94 bits per heavy atom. The highest BCUT2D eigenvalue weighted by Gasteiger charge is 2.17. The van der Waals surface area contributed by atoms with Crippen molar-refractivity contribution in [2.24, 2.45) is 5.73 Å². The first-order valence-electron chi connectivity index (χ1n) is 5.11. The molecule has 1 aromatic carbocycles. The van der Waals surface area contributed by atoms with Crippen molar-refractivity contribution in [2.75, 3.05) is 23.7 Å². The summed E-state index contributed by atoms with van der Waals surface area (Å²) in [4.78, 5) is 0. The minimum atomic E-state index is -3.26. The molecule has 0 saturated heterocycles. The topological polar surface area (TPSA) is 63.4 Å². The lowest BCUT2D eigenvalue weighted by Gasteiger charge is -2.23. The second kappa shape index (κ2) is 4.84. The van der Waals surface area contributed by atoms with Gasteiger partial charge in [0.25, 0.3) is 0 Å². The van der Waals surface area contributed by atoms with Gasteiger partial charge in [-0.25, -0.2) is 8.42 Å². The van der Waals surface area contributed by atoms with Gasteiger partial charge in [-0.2, -0.15) is 0 Å². The molecule has 5 heteroatoms. The lowest BCUT2D eigenvalue weighted by atomic mass is 10.1. The van der Waals surface area contributed by atoms with Gasteiger partial charge in [0, 0.05) is 13.1 Å². The van der Waals surface area contributed by atoms with Crippen LogP contribution in [0.15, 0.2) is 18.2 Å². The van der Waals surface area contributed by atoms with Crippen LogP contribution in [-0.4, -0.2) is 27.8 Å². The lowest BCUT2D eigenvalue weighted by Crippen LogP contribution is -2.35. The Morgan fingerprint density at radius 3 is 2.38 bits per heavy atom. The Balaban J connectivity index is 3.22. The van der Waals surface area contributed by atoms with Crippen LogP contribution in [-0.2, 0) is 10.0 Å². The van der Waals surface area contributed by atoms with E-state index in [0.717, 1.165) is 11.1 Å². The second-order valence-corrected chi connectivity index (χ2v) is 5.82. The van der Waals surface area contributed by atoms with Gasteiger partial charge in [0.05, 0.1) is 11.9 Å². The molecule has 0 bridgehead atoms. The average molecular weight is 242 g/mol.